The molecular weight excluding hydrogens is 505 g/mol. The van der Waals surface area contributed by atoms with Crippen LogP contribution in [-0.4, -0.2) is 75.0 Å². The molecule has 0 spiro atoms. The Labute approximate surface area is 223 Å². The molecule has 36 heavy (non-hydrogen) atoms. The van der Waals surface area contributed by atoms with E-state index in [9.17, 15) is 9.59 Å². The van der Waals surface area contributed by atoms with Gasteiger partial charge in [0.1, 0.15) is 0 Å². The van der Waals surface area contributed by atoms with Crippen LogP contribution in [0.25, 0.3) is 0 Å². The summed E-state index contributed by atoms with van der Waals surface area (Å²) in [6, 6.07) is 5.76. The van der Waals surface area contributed by atoms with E-state index in [2.05, 4.69) is 14.5 Å². The molecule has 1 aromatic carbocycles. The first-order valence-electron chi connectivity index (χ1n) is 12.2. The molecule has 0 aliphatic carbocycles. The molecule has 8 nitrogen and oxygen atoms in total. The summed E-state index contributed by atoms with van der Waals surface area (Å²) < 4.78 is 15.4. The largest absolute Gasteiger partial charge is 0.509 e. The lowest BCUT2D eigenvalue weighted by molar-refractivity contribution is -0.133. The van der Waals surface area contributed by atoms with Crippen molar-refractivity contribution >= 4 is 41.0 Å². The van der Waals surface area contributed by atoms with Crippen molar-refractivity contribution in [3.05, 3.63) is 51.3 Å². The highest BCUT2D eigenvalue weighted by Crippen LogP contribution is 2.33. The molecule has 0 atom stereocenters. The highest BCUT2D eigenvalue weighted by atomic mass is 35.5. The fraction of sp³-hybridized carbons (Fsp3) is 0.538. The van der Waals surface area contributed by atoms with Crippen molar-refractivity contribution in [2.24, 2.45) is 0 Å². The Kier molecular flexibility index (Phi) is 10.8. The zero-order chi connectivity index (χ0) is 26.1. The third-order valence-electron chi connectivity index (χ3n) is 6.40. The maximum Gasteiger partial charge on any atom is 0.509 e. The van der Waals surface area contributed by atoms with Gasteiger partial charge in [-0.15, -0.1) is 0 Å². The van der Waals surface area contributed by atoms with E-state index in [0.717, 1.165) is 56.8 Å². The van der Waals surface area contributed by atoms with Crippen molar-refractivity contribution < 1.29 is 23.8 Å². The van der Waals surface area contributed by atoms with Gasteiger partial charge in [-0.25, -0.2) is 4.79 Å². The number of allylic oxidation sites excluding steroid dienone is 3. The minimum atomic E-state index is -0.822. The van der Waals surface area contributed by atoms with Crippen LogP contribution in [0.3, 0.4) is 0 Å². The van der Waals surface area contributed by atoms with Gasteiger partial charge >= 0.3 is 6.16 Å². The summed E-state index contributed by atoms with van der Waals surface area (Å²) >= 11 is 12.5. The van der Waals surface area contributed by atoms with E-state index in [1.165, 1.54) is 12.0 Å². The monoisotopic (exact) mass is 539 g/mol. The van der Waals surface area contributed by atoms with E-state index in [-0.39, 0.29) is 12.6 Å². The van der Waals surface area contributed by atoms with Crippen LogP contribution in [0.5, 0.6) is 0 Å². The van der Waals surface area contributed by atoms with Crippen LogP contribution in [-0.2, 0) is 19.0 Å². The standard InChI is InChI=1S/C26H35Cl2N3O5/c1-19-9-10-24(32)31(18-36-26(33)34-3)23(19)17-20(2)35-16-5-4-11-29-12-14-30(15-13-29)22-8-6-7-21(27)25(22)28/h6-8,17H,4-5,9-16,18H2,1-3H3/b20-17+. The van der Waals surface area contributed by atoms with E-state index in [1.807, 2.05) is 38.1 Å². The summed E-state index contributed by atoms with van der Waals surface area (Å²) in [4.78, 5) is 29.9. The van der Waals surface area contributed by atoms with Gasteiger partial charge in [-0.05, 0) is 63.4 Å². The number of halogens is 2. The highest BCUT2D eigenvalue weighted by molar-refractivity contribution is 6.43. The summed E-state index contributed by atoms with van der Waals surface area (Å²) in [6.45, 7) is 9.07. The van der Waals surface area contributed by atoms with Gasteiger partial charge in [-0.3, -0.25) is 14.6 Å². The number of carbonyl (C=O) groups excluding carboxylic acids is 2. The Bertz CT molecular complexity index is 990. The molecule has 0 saturated carbocycles. The summed E-state index contributed by atoms with van der Waals surface area (Å²) in [7, 11) is 1.23. The number of amides is 1. The number of piperazine rings is 1. The second-order valence-corrected chi connectivity index (χ2v) is 9.71. The smallest absolute Gasteiger partial charge is 0.498 e. The van der Waals surface area contributed by atoms with Gasteiger partial charge in [0.15, 0.2) is 6.73 Å². The minimum absolute atomic E-state index is 0.0960. The van der Waals surface area contributed by atoms with E-state index >= 15 is 0 Å². The maximum atomic E-state index is 12.4. The molecule has 1 saturated heterocycles. The van der Waals surface area contributed by atoms with Gasteiger partial charge < -0.3 is 19.1 Å². The topological polar surface area (TPSA) is 71.5 Å². The average Bonchev–Trinajstić information content (AvgIpc) is 2.87. The predicted molar refractivity (Wildman–Crippen MR) is 141 cm³/mol. The Balaban J connectivity index is 1.40. The minimum Gasteiger partial charge on any atom is -0.498 e. The summed E-state index contributed by atoms with van der Waals surface area (Å²) in [5.74, 6) is 0.621. The molecule has 0 aromatic heterocycles. The quantitative estimate of drug-likeness (QED) is 0.222. The molecule has 0 bridgehead atoms. The van der Waals surface area contributed by atoms with Crippen molar-refractivity contribution in [2.45, 2.75) is 39.5 Å². The first-order chi connectivity index (χ1) is 17.3. The van der Waals surface area contributed by atoms with Crippen LogP contribution in [0.15, 0.2) is 41.3 Å². The normalized spacial score (nSPS) is 17.5. The molecule has 0 unspecified atom stereocenters. The molecule has 198 valence electrons. The van der Waals surface area contributed by atoms with Gasteiger partial charge in [0.05, 0.1) is 35.2 Å². The number of unbranched alkanes of at least 4 members (excludes halogenated alkanes) is 1. The van der Waals surface area contributed by atoms with E-state index in [4.69, 9.17) is 32.7 Å². The first-order valence-corrected chi connectivity index (χ1v) is 13.0. The number of ether oxygens (including phenoxy) is 3. The molecule has 0 radical (unpaired) electrons. The molecule has 2 aliphatic heterocycles. The number of nitrogens with zero attached hydrogens (tertiary/aromatic N) is 3. The van der Waals surface area contributed by atoms with Crippen molar-refractivity contribution in [3.8, 4) is 0 Å². The molecule has 1 aromatic rings. The van der Waals surface area contributed by atoms with E-state index in [0.29, 0.717) is 40.9 Å². The molecule has 0 N–H and O–H groups in total. The Morgan fingerprint density at radius 1 is 1.08 bits per heavy atom. The lowest BCUT2D eigenvalue weighted by Crippen LogP contribution is -2.46. The molecule has 1 fully saturated rings. The highest BCUT2D eigenvalue weighted by Gasteiger charge is 2.25. The number of rotatable bonds is 10. The number of hydrogen-bond acceptors (Lipinski definition) is 7. The van der Waals surface area contributed by atoms with Crippen LogP contribution in [0.4, 0.5) is 10.5 Å². The van der Waals surface area contributed by atoms with Gasteiger partial charge in [0.25, 0.3) is 0 Å². The predicted octanol–water partition coefficient (Wildman–Crippen LogP) is 5.45. The molecular formula is C26H35Cl2N3O5. The fourth-order valence-electron chi connectivity index (χ4n) is 4.29. The van der Waals surface area contributed by atoms with E-state index < -0.39 is 6.16 Å². The van der Waals surface area contributed by atoms with Crippen LogP contribution >= 0.6 is 23.2 Å². The Morgan fingerprint density at radius 3 is 2.56 bits per heavy atom. The Morgan fingerprint density at radius 2 is 1.83 bits per heavy atom. The summed E-state index contributed by atoms with van der Waals surface area (Å²) in [6.07, 6.45) is 4.03. The van der Waals surface area contributed by atoms with Gasteiger partial charge in [-0.1, -0.05) is 29.3 Å². The van der Waals surface area contributed by atoms with Crippen molar-refractivity contribution in [2.75, 3.05) is 58.1 Å². The number of carbonyl (C=O) groups is 2. The molecule has 3 rings (SSSR count). The second-order valence-electron chi connectivity index (χ2n) is 8.93. The fourth-order valence-corrected chi connectivity index (χ4v) is 4.71. The van der Waals surface area contributed by atoms with Crippen molar-refractivity contribution in [1.29, 1.82) is 0 Å². The SMILES string of the molecule is COC(=O)OCN1C(=O)CCC(C)=C1/C=C(\C)OCCCCN1CCN(c2cccc(Cl)c2Cl)CC1. The van der Waals surface area contributed by atoms with Gasteiger partial charge in [0, 0.05) is 38.3 Å². The van der Waals surface area contributed by atoms with Crippen LogP contribution < -0.4 is 4.90 Å². The maximum absolute atomic E-state index is 12.4. The molecule has 2 heterocycles. The molecule has 10 heteroatoms. The third kappa shape index (κ3) is 7.79. The van der Waals surface area contributed by atoms with Crippen molar-refractivity contribution in [3.63, 3.8) is 0 Å². The average molecular weight is 540 g/mol. The van der Waals surface area contributed by atoms with Gasteiger partial charge in [-0.2, -0.15) is 0 Å². The number of anilines is 1. The molecule has 2 aliphatic rings. The number of hydrogen-bond donors (Lipinski definition) is 0. The first kappa shape index (κ1) is 28.2. The second kappa shape index (κ2) is 13.8. The van der Waals surface area contributed by atoms with Crippen LogP contribution in [0.1, 0.15) is 39.5 Å². The van der Waals surface area contributed by atoms with Crippen LogP contribution in [0, 0.1) is 0 Å². The zero-order valence-corrected chi connectivity index (χ0v) is 22.7. The third-order valence-corrected chi connectivity index (χ3v) is 7.21. The lowest BCUT2D eigenvalue weighted by atomic mass is 10.0. The molecule has 1 amide bonds. The van der Waals surface area contributed by atoms with Crippen LogP contribution in [0.2, 0.25) is 10.0 Å². The van der Waals surface area contributed by atoms with E-state index in [1.54, 1.807) is 0 Å². The lowest BCUT2D eigenvalue weighted by Gasteiger charge is -2.36. The Hall–Kier alpha value is -2.42. The summed E-state index contributed by atoms with van der Waals surface area (Å²) in [5, 5.41) is 1.21. The zero-order valence-electron chi connectivity index (χ0n) is 21.2. The van der Waals surface area contributed by atoms with Gasteiger partial charge in [0.2, 0.25) is 5.91 Å². The summed E-state index contributed by atoms with van der Waals surface area (Å²) in [5.41, 5.74) is 2.76. The van der Waals surface area contributed by atoms with Crippen molar-refractivity contribution in [1.82, 2.24) is 9.80 Å². The number of methoxy groups -OCH3 is 1. The number of benzene rings is 1.